The summed E-state index contributed by atoms with van der Waals surface area (Å²) in [6.07, 6.45) is 3.72. The molecular formula is C19H17FN4O. The Morgan fingerprint density at radius 3 is 2.72 bits per heavy atom. The molecule has 1 aromatic carbocycles. The maximum absolute atomic E-state index is 13.2. The van der Waals surface area contributed by atoms with E-state index in [1.165, 1.54) is 12.1 Å². The van der Waals surface area contributed by atoms with Crippen LogP contribution in [0.1, 0.15) is 5.69 Å². The Bertz CT molecular complexity index is 931. The van der Waals surface area contributed by atoms with E-state index >= 15 is 0 Å². The van der Waals surface area contributed by atoms with Crippen LogP contribution in [0.5, 0.6) is 0 Å². The Balaban J connectivity index is 1.78. The fraction of sp³-hybridized carbons (Fsp3) is 0.211. The van der Waals surface area contributed by atoms with E-state index in [0.717, 1.165) is 33.8 Å². The van der Waals surface area contributed by atoms with Crippen LogP contribution in [-0.4, -0.2) is 40.2 Å². The first kappa shape index (κ1) is 15.7. The molecule has 1 aliphatic heterocycles. The van der Waals surface area contributed by atoms with Crippen molar-refractivity contribution in [3.8, 4) is 22.4 Å². The van der Waals surface area contributed by atoms with E-state index in [1.54, 1.807) is 23.0 Å². The molecule has 1 aliphatic rings. The minimum atomic E-state index is -0.261. The number of aryl methyl sites for hydroxylation is 1. The fourth-order valence-corrected chi connectivity index (χ4v) is 2.89. The van der Waals surface area contributed by atoms with Gasteiger partial charge in [0, 0.05) is 30.6 Å². The van der Waals surface area contributed by atoms with Crippen molar-refractivity contribution in [2.24, 2.45) is 12.0 Å². The van der Waals surface area contributed by atoms with Gasteiger partial charge in [0.1, 0.15) is 11.5 Å². The zero-order valence-electron chi connectivity index (χ0n) is 13.8. The zero-order chi connectivity index (χ0) is 17.2. The maximum Gasteiger partial charge on any atom is 0.123 e. The summed E-state index contributed by atoms with van der Waals surface area (Å²) in [5.41, 5.74) is 5.31. The quantitative estimate of drug-likeness (QED) is 0.738. The molecule has 3 heterocycles. The molecule has 0 bridgehead atoms. The Morgan fingerprint density at radius 1 is 1.12 bits per heavy atom. The Kier molecular flexibility index (Phi) is 4.11. The first-order valence-electron chi connectivity index (χ1n) is 8.08. The summed E-state index contributed by atoms with van der Waals surface area (Å²) in [5, 5.41) is 4.55. The van der Waals surface area contributed by atoms with Crippen LogP contribution in [0.2, 0.25) is 0 Å². The summed E-state index contributed by atoms with van der Waals surface area (Å²) < 4.78 is 20.5. The molecule has 4 rings (SSSR count). The molecule has 0 atom stereocenters. The van der Waals surface area contributed by atoms with Gasteiger partial charge >= 0.3 is 0 Å². The number of hydrogen-bond donors (Lipinski definition) is 0. The standard InChI is InChI=1S/C19H17FN4O/c1-24-11-16(19(23-24)13-2-4-15(20)5-3-13)14-6-7-21-17(10-14)18-12-25-9-8-22-18/h2-7,10-11H,8-9,12H2,1H3. The number of benzene rings is 1. The number of hydrogen-bond acceptors (Lipinski definition) is 4. The van der Waals surface area contributed by atoms with E-state index < -0.39 is 0 Å². The molecule has 0 saturated heterocycles. The number of halogens is 1. The molecule has 0 fully saturated rings. The molecule has 6 heteroatoms. The van der Waals surface area contributed by atoms with E-state index in [2.05, 4.69) is 15.1 Å². The number of pyridine rings is 1. The topological polar surface area (TPSA) is 52.3 Å². The number of rotatable bonds is 3. The Morgan fingerprint density at radius 2 is 1.96 bits per heavy atom. The van der Waals surface area contributed by atoms with Gasteiger partial charge in [0.15, 0.2) is 0 Å². The summed E-state index contributed by atoms with van der Waals surface area (Å²) in [6, 6.07) is 10.3. The molecule has 5 nitrogen and oxygen atoms in total. The molecule has 0 aliphatic carbocycles. The fourth-order valence-electron chi connectivity index (χ4n) is 2.89. The van der Waals surface area contributed by atoms with E-state index in [0.29, 0.717) is 19.8 Å². The van der Waals surface area contributed by atoms with Crippen molar-refractivity contribution in [2.45, 2.75) is 0 Å². The first-order chi connectivity index (χ1) is 12.2. The average Bonchev–Trinajstić information content (AvgIpc) is 3.05. The SMILES string of the molecule is Cn1cc(-c2ccnc(C3=NCCOC3)c2)c(-c2ccc(F)cc2)n1. The summed E-state index contributed by atoms with van der Waals surface area (Å²) in [4.78, 5) is 8.92. The van der Waals surface area contributed by atoms with Gasteiger partial charge in [-0.05, 0) is 42.0 Å². The van der Waals surface area contributed by atoms with Crippen LogP contribution >= 0.6 is 0 Å². The van der Waals surface area contributed by atoms with Gasteiger partial charge in [0.25, 0.3) is 0 Å². The molecule has 0 N–H and O–H groups in total. The lowest BCUT2D eigenvalue weighted by Crippen LogP contribution is -2.19. The molecule has 0 saturated carbocycles. The third-order valence-electron chi connectivity index (χ3n) is 4.09. The molecule has 2 aromatic heterocycles. The normalized spacial score (nSPS) is 14.4. The molecule has 0 unspecified atom stereocenters. The minimum absolute atomic E-state index is 0.261. The zero-order valence-corrected chi connectivity index (χ0v) is 13.8. The number of nitrogens with zero attached hydrogens (tertiary/aromatic N) is 4. The highest BCUT2D eigenvalue weighted by Gasteiger charge is 2.15. The van der Waals surface area contributed by atoms with Gasteiger partial charge in [0.05, 0.1) is 31.2 Å². The molecule has 0 amide bonds. The van der Waals surface area contributed by atoms with Gasteiger partial charge < -0.3 is 4.74 Å². The van der Waals surface area contributed by atoms with Crippen molar-refractivity contribution in [3.63, 3.8) is 0 Å². The number of ether oxygens (including phenoxy) is 1. The molecule has 25 heavy (non-hydrogen) atoms. The second kappa shape index (κ2) is 6.57. The predicted molar refractivity (Wildman–Crippen MR) is 94.1 cm³/mol. The smallest absolute Gasteiger partial charge is 0.123 e. The Labute approximate surface area is 144 Å². The first-order valence-corrected chi connectivity index (χ1v) is 8.08. The molecule has 126 valence electrons. The summed E-state index contributed by atoms with van der Waals surface area (Å²) in [7, 11) is 1.87. The third kappa shape index (κ3) is 3.21. The number of aliphatic imine (C=N–C) groups is 1. The Hall–Kier alpha value is -2.86. The van der Waals surface area contributed by atoms with Gasteiger partial charge in [-0.15, -0.1) is 0 Å². The van der Waals surface area contributed by atoms with E-state index in [1.807, 2.05) is 25.4 Å². The highest BCUT2D eigenvalue weighted by molar-refractivity contribution is 6.01. The predicted octanol–water partition coefficient (Wildman–Crippen LogP) is 3.11. The maximum atomic E-state index is 13.2. The number of aromatic nitrogens is 3. The molecular weight excluding hydrogens is 319 g/mol. The second-order valence-corrected chi connectivity index (χ2v) is 5.88. The van der Waals surface area contributed by atoms with Crippen molar-refractivity contribution in [3.05, 3.63) is 60.3 Å². The average molecular weight is 336 g/mol. The summed E-state index contributed by atoms with van der Waals surface area (Å²) in [5.74, 6) is -0.261. The second-order valence-electron chi connectivity index (χ2n) is 5.88. The van der Waals surface area contributed by atoms with Crippen molar-refractivity contribution in [1.29, 1.82) is 0 Å². The molecule has 0 spiro atoms. The van der Waals surface area contributed by atoms with Crippen LogP contribution in [0.25, 0.3) is 22.4 Å². The minimum Gasteiger partial charge on any atom is -0.373 e. The lowest BCUT2D eigenvalue weighted by molar-refractivity contribution is 0.171. The summed E-state index contributed by atoms with van der Waals surface area (Å²) in [6.45, 7) is 1.80. The highest BCUT2D eigenvalue weighted by atomic mass is 19.1. The van der Waals surface area contributed by atoms with Gasteiger partial charge in [-0.1, -0.05) is 0 Å². The lowest BCUT2D eigenvalue weighted by atomic mass is 10.0. The van der Waals surface area contributed by atoms with Crippen molar-refractivity contribution < 1.29 is 9.13 Å². The highest BCUT2D eigenvalue weighted by Crippen LogP contribution is 2.31. The van der Waals surface area contributed by atoms with Crippen molar-refractivity contribution in [2.75, 3.05) is 19.8 Å². The van der Waals surface area contributed by atoms with Crippen LogP contribution in [0.15, 0.2) is 53.8 Å². The van der Waals surface area contributed by atoms with E-state index in [9.17, 15) is 4.39 Å². The largest absolute Gasteiger partial charge is 0.373 e. The van der Waals surface area contributed by atoms with E-state index in [-0.39, 0.29) is 5.82 Å². The van der Waals surface area contributed by atoms with Crippen LogP contribution in [0.4, 0.5) is 4.39 Å². The third-order valence-corrected chi connectivity index (χ3v) is 4.09. The van der Waals surface area contributed by atoms with Crippen molar-refractivity contribution >= 4 is 5.71 Å². The van der Waals surface area contributed by atoms with Gasteiger partial charge in [-0.25, -0.2) is 4.39 Å². The van der Waals surface area contributed by atoms with Gasteiger partial charge in [-0.3, -0.25) is 14.7 Å². The van der Waals surface area contributed by atoms with Gasteiger partial charge in [-0.2, -0.15) is 5.10 Å². The molecule has 0 radical (unpaired) electrons. The van der Waals surface area contributed by atoms with Crippen LogP contribution in [-0.2, 0) is 11.8 Å². The molecule has 3 aromatic rings. The summed E-state index contributed by atoms with van der Waals surface area (Å²) >= 11 is 0. The van der Waals surface area contributed by atoms with E-state index in [4.69, 9.17) is 4.74 Å². The van der Waals surface area contributed by atoms with Crippen molar-refractivity contribution in [1.82, 2.24) is 14.8 Å². The van der Waals surface area contributed by atoms with Gasteiger partial charge in [0.2, 0.25) is 0 Å². The monoisotopic (exact) mass is 336 g/mol. The lowest BCUT2D eigenvalue weighted by Gasteiger charge is -2.13. The van der Waals surface area contributed by atoms with Crippen LogP contribution < -0.4 is 0 Å². The van der Waals surface area contributed by atoms with Crippen LogP contribution in [0.3, 0.4) is 0 Å². The van der Waals surface area contributed by atoms with Crippen LogP contribution in [0, 0.1) is 5.82 Å².